The van der Waals surface area contributed by atoms with Gasteiger partial charge in [-0.2, -0.15) is 0 Å². The molecular weight excluding hydrogens is 116 g/mol. The van der Waals surface area contributed by atoms with Gasteiger partial charge in [0.2, 0.25) is 0 Å². The van der Waals surface area contributed by atoms with Crippen LogP contribution >= 0.6 is 0 Å². The van der Waals surface area contributed by atoms with E-state index in [0.717, 1.165) is 12.0 Å². The Morgan fingerprint density at radius 1 is 1.78 bits per heavy atom. The van der Waals surface area contributed by atoms with Gasteiger partial charge in [-0.1, -0.05) is 18.7 Å². The quantitative estimate of drug-likeness (QED) is 0.424. The predicted molar refractivity (Wildman–Crippen MR) is 33.4 cm³/mol. The van der Waals surface area contributed by atoms with Crippen LogP contribution in [0.1, 0.15) is 6.42 Å². The number of allylic oxidation sites excluding steroid dienone is 4. The average molecular weight is 123 g/mol. The maximum atomic E-state index is 8.17. The number of rotatable bonds is 1. The summed E-state index contributed by atoms with van der Waals surface area (Å²) >= 11 is 0. The second-order valence-electron chi connectivity index (χ2n) is 1.77. The summed E-state index contributed by atoms with van der Waals surface area (Å²) in [4.78, 5) is 3.96. The first kappa shape index (κ1) is 6.11. The first-order chi connectivity index (χ1) is 4.34. The Labute approximate surface area is 53.7 Å². The van der Waals surface area contributed by atoms with E-state index in [0.29, 0.717) is 5.76 Å². The van der Waals surface area contributed by atoms with Gasteiger partial charge in [0.15, 0.2) is 5.76 Å². The summed E-state index contributed by atoms with van der Waals surface area (Å²) in [7, 11) is 0. The molecule has 0 aliphatic heterocycles. The molecule has 0 saturated carbocycles. The summed E-state index contributed by atoms with van der Waals surface area (Å²) in [5.74, 6) is 0.331. The van der Waals surface area contributed by atoms with Gasteiger partial charge in [0.1, 0.15) is 0 Å². The molecule has 47 valence electrons. The molecule has 9 heavy (non-hydrogen) atoms. The minimum absolute atomic E-state index is 0.331. The SMILES string of the molecule is C=C1CC=C[C]=C1OO. The van der Waals surface area contributed by atoms with Crippen molar-refractivity contribution in [3.05, 3.63) is 36.1 Å². The zero-order valence-electron chi connectivity index (χ0n) is 4.92. The van der Waals surface area contributed by atoms with Crippen molar-refractivity contribution in [3.63, 3.8) is 0 Å². The standard InChI is InChI=1S/C7H7O2/c1-6-4-2-3-5-7(6)9-8/h2-3,8H,1,4H2. The van der Waals surface area contributed by atoms with Crippen molar-refractivity contribution in [2.75, 3.05) is 0 Å². The van der Waals surface area contributed by atoms with Gasteiger partial charge in [-0.3, -0.25) is 0 Å². The Morgan fingerprint density at radius 3 is 3.00 bits per heavy atom. The van der Waals surface area contributed by atoms with Crippen molar-refractivity contribution in [3.8, 4) is 0 Å². The maximum absolute atomic E-state index is 8.17. The van der Waals surface area contributed by atoms with Crippen LogP contribution in [0.3, 0.4) is 0 Å². The third kappa shape index (κ3) is 1.21. The lowest BCUT2D eigenvalue weighted by molar-refractivity contribution is -0.200. The first-order valence-electron chi connectivity index (χ1n) is 2.62. The van der Waals surface area contributed by atoms with Crippen LogP contribution < -0.4 is 0 Å². The summed E-state index contributed by atoms with van der Waals surface area (Å²) in [5.41, 5.74) is 0.750. The predicted octanol–water partition coefficient (Wildman–Crippen LogP) is 1.68. The molecule has 1 aliphatic carbocycles. The van der Waals surface area contributed by atoms with Gasteiger partial charge >= 0.3 is 0 Å². The van der Waals surface area contributed by atoms with E-state index in [1.165, 1.54) is 0 Å². The lowest BCUT2D eigenvalue weighted by Crippen LogP contribution is -1.93. The summed E-state index contributed by atoms with van der Waals surface area (Å²) in [6.45, 7) is 3.63. The van der Waals surface area contributed by atoms with Crippen molar-refractivity contribution in [2.24, 2.45) is 0 Å². The Bertz CT molecular complexity index is 177. The highest BCUT2D eigenvalue weighted by atomic mass is 17.1. The molecule has 1 radical (unpaired) electrons. The molecule has 2 nitrogen and oxygen atoms in total. The third-order valence-corrected chi connectivity index (χ3v) is 1.11. The third-order valence-electron chi connectivity index (χ3n) is 1.11. The van der Waals surface area contributed by atoms with Gasteiger partial charge < -0.3 is 4.89 Å². The highest BCUT2D eigenvalue weighted by Crippen LogP contribution is 2.16. The van der Waals surface area contributed by atoms with Crippen molar-refractivity contribution in [1.82, 2.24) is 0 Å². The topological polar surface area (TPSA) is 29.5 Å². The van der Waals surface area contributed by atoms with Crippen LogP contribution in [0.25, 0.3) is 0 Å². The van der Waals surface area contributed by atoms with Gasteiger partial charge in [-0.15, -0.1) is 0 Å². The average Bonchev–Trinajstić information content (AvgIpc) is 1.89. The van der Waals surface area contributed by atoms with Crippen molar-refractivity contribution in [1.29, 1.82) is 0 Å². The van der Waals surface area contributed by atoms with Crippen LogP contribution in [0.15, 0.2) is 30.1 Å². The molecule has 1 aliphatic rings. The van der Waals surface area contributed by atoms with Crippen LogP contribution in [-0.2, 0) is 4.89 Å². The summed E-state index contributed by atoms with van der Waals surface area (Å²) in [6, 6.07) is 0. The van der Waals surface area contributed by atoms with Gasteiger partial charge in [0, 0.05) is 6.08 Å². The monoisotopic (exact) mass is 123 g/mol. The van der Waals surface area contributed by atoms with E-state index in [1.54, 1.807) is 6.08 Å². The van der Waals surface area contributed by atoms with Crippen LogP contribution in [0.5, 0.6) is 0 Å². The Morgan fingerprint density at radius 2 is 2.56 bits per heavy atom. The van der Waals surface area contributed by atoms with Crippen LogP contribution in [0.4, 0.5) is 0 Å². The lowest BCUT2D eigenvalue weighted by Gasteiger charge is -2.05. The molecule has 0 unspecified atom stereocenters. The van der Waals surface area contributed by atoms with Crippen molar-refractivity contribution < 1.29 is 10.1 Å². The molecule has 0 aromatic rings. The molecule has 1 N–H and O–H groups in total. The molecule has 0 fully saturated rings. The molecule has 0 spiro atoms. The summed E-state index contributed by atoms with van der Waals surface area (Å²) in [5, 5.41) is 8.17. The summed E-state index contributed by atoms with van der Waals surface area (Å²) < 4.78 is 0. The highest BCUT2D eigenvalue weighted by molar-refractivity contribution is 5.29. The zero-order chi connectivity index (χ0) is 6.69. The fourth-order valence-electron chi connectivity index (χ4n) is 0.621. The normalized spacial score (nSPS) is 17.4. The minimum Gasteiger partial charge on any atom is -0.339 e. The van der Waals surface area contributed by atoms with E-state index in [1.807, 2.05) is 6.08 Å². The molecule has 2 heteroatoms. The van der Waals surface area contributed by atoms with E-state index in [2.05, 4.69) is 17.5 Å². The maximum Gasteiger partial charge on any atom is 0.175 e. The zero-order valence-corrected chi connectivity index (χ0v) is 4.92. The van der Waals surface area contributed by atoms with Gasteiger partial charge in [-0.05, 0) is 12.0 Å². The second kappa shape index (κ2) is 2.51. The number of hydrogen-bond acceptors (Lipinski definition) is 2. The first-order valence-corrected chi connectivity index (χ1v) is 2.62. The molecule has 0 aromatic heterocycles. The van der Waals surface area contributed by atoms with E-state index in [-0.39, 0.29) is 0 Å². The smallest absolute Gasteiger partial charge is 0.175 e. The highest BCUT2D eigenvalue weighted by Gasteiger charge is 2.04. The Hall–Kier alpha value is -1.02. The van der Waals surface area contributed by atoms with E-state index in [4.69, 9.17) is 5.26 Å². The fraction of sp³-hybridized carbons (Fsp3) is 0.143. The van der Waals surface area contributed by atoms with Gasteiger partial charge in [0.05, 0.1) is 0 Å². The minimum atomic E-state index is 0.331. The molecule has 0 saturated heterocycles. The Balaban J connectivity index is 2.74. The molecule has 0 aromatic carbocycles. The van der Waals surface area contributed by atoms with Crippen molar-refractivity contribution in [2.45, 2.75) is 6.42 Å². The number of hydrogen-bond donors (Lipinski definition) is 1. The van der Waals surface area contributed by atoms with E-state index >= 15 is 0 Å². The van der Waals surface area contributed by atoms with E-state index in [9.17, 15) is 0 Å². The molecular formula is C7H7O2. The molecule has 0 amide bonds. The lowest BCUT2D eigenvalue weighted by atomic mass is 10.1. The molecule has 0 bridgehead atoms. The fourth-order valence-corrected chi connectivity index (χ4v) is 0.621. The van der Waals surface area contributed by atoms with Crippen LogP contribution in [-0.4, -0.2) is 5.26 Å². The van der Waals surface area contributed by atoms with Crippen molar-refractivity contribution >= 4 is 0 Å². The van der Waals surface area contributed by atoms with Gasteiger partial charge in [-0.25, -0.2) is 5.26 Å². The Kier molecular flexibility index (Phi) is 1.70. The largest absolute Gasteiger partial charge is 0.339 e. The van der Waals surface area contributed by atoms with E-state index < -0.39 is 0 Å². The van der Waals surface area contributed by atoms with Crippen LogP contribution in [0, 0.1) is 6.08 Å². The second-order valence-corrected chi connectivity index (χ2v) is 1.77. The van der Waals surface area contributed by atoms with Crippen LogP contribution in [0.2, 0.25) is 0 Å². The summed E-state index contributed by atoms with van der Waals surface area (Å²) in [6.07, 6.45) is 7.00. The molecule has 1 rings (SSSR count). The molecule has 0 heterocycles. The molecule has 0 atom stereocenters. The van der Waals surface area contributed by atoms with Gasteiger partial charge in [0.25, 0.3) is 0 Å².